The van der Waals surface area contributed by atoms with Crippen LogP contribution in [0.3, 0.4) is 0 Å². The van der Waals surface area contributed by atoms with Crippen molar-refractivity contribution in [1.29, 1.82) is 0 Å². The molecule has 0 fully saturated rings. The average Bonchev–Trinajstić information content (AvgIpc) is 2.98. The van der Waals surface area contributed by atoms with Gasteiger partial charge >= 0.3 is 0 Å². The Labute approximate surface area is 144 Å². The second kappa shape index (κ2) is 6.40. The van der Waals surface area contributed by atoms with Gasteiger partial charge in [0.25, 0.3) is 5.56 Å². The molecule has 0 amide bonds. The average molecular weight is 340 g/mol. The van der Waals surface area contributed by atoms with Crippen LogP contribution >= 0.6 is 11.3 Å². The summed E-state index contributed by atoms with van der Waals surface area (Å²) in [5.74, 6) is 0.829. The van der Waals surface area contributed by atoms with Crippen molar-refractivity contribution < 1.29 is 4.74 Å². The predicted octanol–water partition coefficient (Wildman–Crippen LogP) is 3.72. The largest absolute Gasteiger partial charge is 0.492 e. The second-order valence-corrected chi connectivity index (χ2v) is 7.38. The molecule has 0 spiro atoms. The molecule has 0 atom stereocenters. The molecule has 1 aliphatic rings. The Kier molecular flexibility index (Phi) is 4.10. The summed E-state index contributed by atoms with van der Waals surface area (Å²) in [5, 5.41) is 0.840. The van der Waals surface area contributed by atoms with Crippen LogP contribution in [0, 0.1) is 6.92 Å². The molecule has 0 unspecified atom stereocenters. The van der Waals surface area contributed by atoms with Crippen molar-refractivity contribution in [2.24, 2.45) is 0 Å². The zero-order valence-electron chi connectivity index (χ0n) is 13.7. The first-order valence-electron chi connectivity index (χ1n) is 8.41. The zero-order valence-corrected chi connectivity index (χ0v) is 14.6. The number of aryl methyl sites for hydroxylation is 3. The van der Waals surface area contributed by atoms with Gasteiger partial charge in [0.1, 0.15) is 17.2 Å². The molecule has 24 heavy (non-hydrogen) atoms. The zero-order chi connectivity index (χ0) is 16.5. The maximum absolute atomic E-state index is 12.8. The third-order valence-electron chi connectivity index (χ3n) is 4.56. The summed E-state index contributed by atoms with van der Waals surface area (Å²) in [4.78, 5) is 19.6. The minimum absolute atomic E-state index is 0.0758. The molecule has 1 aliphatic carbocycles. The first-order valence-corrected chi connectivity index (χ1v) is 9.23. The minimum Gasteiger partial charge on any atom is -0.492 e. The lowest BCUT2D eigenvalue weighted by molar-refractivity contribution is 0.296. The lowest BCUT2D eigenvalue weighted by atomic mass is 9.97. The Morgan fingerprint density at radius 2 is 2.00 bits per heavy atom. The molecule has 1 aromatic carbocycles. The molecular formula is C19H20N2O2S. The minimum atomic E-state index is 0.0758. The fraction of sp³-hybridized carbons (Fsp3) is 0.368. The molecule has 0 saturated carbocycles. The van der Waals surface area contributed by atoms with E-state index in [1.54, 1.807) is 22.2 Å². The van der Waals surface area contributed by atoms with Crippen LogP contribution in [0.4, 0.5) is 0 Å². The van der Waals surface area contributed by atoms with Crippen LogP contribution in [0.5, 0.6) is 5.75 Å². The number of hydrogen-bond acceptors (Lipinski definition) is 4. The summed E-state index contributed by atoms with van der Waals surface area (Å²) in [6, 6.07) is 7.95. The maximum Gasteiger partial charge on any atom is 0.262 e. The SMILES string of the molecule is Cc1ccc(OCCn2cnc3sc4c(c3c2=O)CCCC4)cc1. The lowest BCUT2D eigenvalue weighted by Gasteiger charge is -2.11. The molecular weight excluding hydrogens is 320 g/mol. The normalized spacial score (nSPS) is 13.9. The van der Waals surface area contributed by atoms with Crippen molar-refractivity contribution in [3.05, 3.63) is 57.0 Å². The van der Waals surface area contributed by atoms with Gasteiger partial charge in [-0.1, -0.05) is 17.7 Å². The predicted molar refractivity (Wildman–Crippen MR) is 97.2 cm³/mol. The van der Waals surface area contributed by atoms with E-state index in [4.69, 9.17) is 4.74 Å². The summed E-state index contributed by atoms with van der Waals surface area (Å²) >= 11 is 1.69. The van der Waals surface area contributed by atoms with E-state index in [1.807, 2.05) is 31.2 Å². The molecule has 0 saturated heterocycles. The van der Waals surface area contributed by atoms with Gasteiger partial charge in [0.2, 0.25) is 0 Å². The maximum atomic E-state index is 12.8. The van der Waals surface area contributed by atoms with Crippen LogP contribution < -0.4 is 10.3 Å². The number of ether oxygens (including phenoxy) is 1. The van der Waals surface area contributed by atoms with Crippen LogP contribution in [-0.2, 0) is 19.4 Å². The van der Waals surface area contributed by atoms with Gasteiger partial charge in [0.15, 0.2) is 0 Å². The van der Waals surface area contributed by atoms with Crippen molar-refractivity contribution in [2.45, 2.75) is 39.2 Å². The van der Waals surface area contributed by atoms with Crippen LogP contribution in [-0.4, -0.2) is 16.2 Å². The highest BCUT2D eigenvalue weighted by Gasteiger charge is 2.19. The van der Waals surface area contributed by atoms with Gasteiger partial charge in [-0.05, 0) is 50.3 Å². The van der Waals surface area contributed by atoms with Gasteiger partial charge in [-0.15, -0.1) is 11.3 Å². The summed E-state index contributed by atoms with van der Waals surface area (Å²) in [6.45, 7) is 3.02. The van der Waals surface area contributed by atoms with E-state index < -0.39 is 0 Å². The molecule has 124 valence electrons. The van der Waals surface area contributed by atoms with Crippen LogP contribution in [0.15, 0.2) is 35.4 Å². The molecule has 4 nitrogen and oxygen atoms in total. The second-order valence-electron chi connectivity index (χ2n) is 6.30. The number of benzene rings is 1. The number of nitrogens with zero attached hydrogens (tertiary/aromatic N) is 2. The summed E-state index contributed by atoms with van der Waals surface area (Å²) < 4.78 is 7.42. The third kappa shape index (κ3) is 2.84. The first-order chi connectivity index (χ1) is 11.7. The van der Waals surface area contributed by atoms with E-state index >= 15 is 0 Å². The van der Waals surface area contributed by atoms with Gasteiger partial charge in [-0.25, -0.2) is 4.98 Å². The summed E-state index contributed by atoms with van der Waals surface area (Å²) in [5.41, 5.74) is 2.52. The Bertz CT molecular complexity index is 925. The summed E-state index contributed by atoms with van der Waals surface area (Å²) in [6.07, 6.45) is 6.15. The number of thiophene rings is 1. The topological polar surface area (TPSA) is 44.1 Å². The van der Waals surface area contributed by atoms with Gasteiger partial charge in [-0.2, -0.15) is 0 Å². The highest BCUT2D eigenvalue weighted by atomic mass is 32.1. The fourth-order valence-corrected chi connectivity index (χ4v) is 4.46. The molecule has 0 aliphatic heterocycles. The highest BCUT2D eigenvalue weighted by molar-refractivity contribution is 7.18. The lowest BCUT2D eigenvalue weighted by Crippen LogP contribution is -2.24. The van der Waals surface area contributed by atoms with Gasteiger partial charge in [0, 0.05) is 4.88 Å². The van der Waals surface area contributed by atoms with Crippen molar-refractivity contribution in [3.63, 3.8) is 0 Å². The van der Waals surface area contributed by atoms with Gasteiger partial charge in [-0.3, -0.25) is 9.36 Å². The number of hydrogen-bond donors (Lipinski definition) is 0. The molecule has 0 bridgehead atoms. The van der Waals surface area contributed by atoms with Crippen LogP contribution in [0.2, 0.25) is 0 Å². The van der Waals surface area contributed by atoms with E-state index in [2.05, 4.69) is 4.98 Å². The van der Waals surface area contributed by atoms with E-state index in [9.17, 15) is 4.79 Å². The van der Waals surface area contributed by atoms with Crippen molar-refractivity contribution in [2.75, 3.05) is 6.61 Å². The molecule has 4 rings (SSSR count). The number of fused-ring (bicyclic) bond motifs is 3. The first kappa shape index (κ1) is 15.4. The van der Waals surface area contributed by atoms with Crippen molar-refractivity contribution in [3.8, 4) is 5.75 Å². The van der Waals surface area contributed by atoms with Crippen LogP contribution in [0.1, 0.15) is 28.8 Å². The van der Waals surface area contributed by atoms with E-state index in [0.29, 0.717) is 13.2 Å². The molecule has 0 radical (unpaired) electrons. The van der Waals surface area contributed by atoms with Gasteiger partial charge in [0.05, 0.1) is 18.3 Å². The highest BCUT2D eigenvalue weighted by Crippen LogP contribution is 2.33. The van der Waals surface area contributed by atoms with E-state index in [0.717, 1.165) is 28.8 Å². The Hall–Kier alpha value is -2.14. The fourth-order valence-electron chi connectivity index (χ4n) is 3.24. The van der Waals surface area contributed by atoms with E-state index in [1.165, 1.54) is 28.8 Å². The van der Waals surface area contributed by atoms with Gasteiger partial charge < -0.3 is 4.74 Å². The smallest absolute Gasteiger partial charge is 0.262 e. The Balaban J connectivity index is 1.55. The molecule has 2 heterocycles. The van der Waals surface area contributed by atoms with Crippen molar-refractivity contribution >= 4 is 21.6 Å². The molecule has 5 heteroatoms. The Morgan fingerprint density at radius 3 is 2.83 bits per heavy atom. The monoisotopic (exact) mass is 340 g/mol. The number of aromatic nitrogens is 2. The van der Waals surface area contributed by atoms with E-state index in [-0.39, 0.29) is 5.56 Å². The standard InChI is InChI=1S/C19H20N2O2S/c1-13-6-8-14(9-7-13)23-11-10-21-12-20-18-17(19(21)22)15-4-2-3-5-16(15)24-18/h6-9,12H,2-5,10-11H2,1H3. The van der Waals surface area contributed by atoms with Crippen LogP contribution in [0.25, 0.3) is 10.2 Å². The molecule has 2 aromatic heterocycles. The molecule has 0 N–H and O–H groups in total. The third-order valence-corrected chi connectivity index (χ3v) is 5.76. The Morgan fingerprint density at radius 1 is 1.21 bits per heavy atom. The van der Waals surface area contributed by atoms with Crippen molar-refractivity contribution in [1.82, 2.24) is 9.55 Å². The summed E-state index contributed by atoms with van der Waals surface area (Å²) in [7, 11) is 0. The number of rotatable bonds is 4. The quantitative estimate of drug-likeness (QED) is 0.727. The molecule has 3 aromatic rings.